The molecule has 0 heterocycles. The van der Waals surface area contributed by atoms with Gasteiger partial charge in [-0.05, 0) is 37.6 Å². The summed E-state index contributed by atoms with van der Waals surface area (Å²) in [4.78, 5) is 22.7. The summed E-state index contributed by atoms with van der Waals surface area (Å²) >= 11 is 0. The number of amides is 1. The van der Waals surface area contributed by atoms with Gasteiger partial charge < -0.3 is 14.8 Å². The Morgan fingerprint density at radius 3 is 2.43 bits per heavy atom. The molecule has 0 saturated carbocycles. The summed E-state index contributed by atoms with van der Waals surface area (Å²) < 4.78 is 10.3. The highest BCUT2D eigenvalue weighted by atomic mass is 16.5. The summed E-state index contributed by atoms with van der Waals surface area (Å²) in [6.45, 7) is 4.87. The summed E-state index contributed by atoms with van der Waals surface area (Å²) in [7, 11) is 0. The lowest BCUT2D eigenvalue weighted by Crippen LogP contribution is -2.09. The van der Waals surface area contributed by atoms with Crippen LogP contribution >= 0.6 is 0 Å². The Labute approximate surface area is 137 Å². The third-order valence-electron chi connectivity index (χ3n) is 3.05. The summed E-state index contributed by atoms with van der Waals surface area (Å²) in [6, 6.07) is 7.14. The maximum absolute atomic E-state index is 11.6. The second-order valence-electron chi connectivity index (χ2n) is 5.01. The Kier molecular flexibility index (Phi) is 9.20. The molecule has 1 rings (SSSR count). The van der Waals surface area contributed by atoms with Crippen molar-refractivity contribution in [2.24, 2.45) is 0 Å². The van der Waals surface area contributed by atoms with Crippen LogP contribution in [0.25, 0.3) is 0 Å². The van der Waals surface area contributed by atoms with Crippen LogP contribution in [0.1, 0.15) is 39.5 Å². The Morgan fingerprint density at radius 1 is 1.04 bits per heavy atom. The van der Waals surface area contributed by atoms with Crippen LogP contribution in [0.3, 0.4) is 0 Å². The normalized spacial score (nSPS) is 10.5. The highest BCUT2D eigenvalue weighted by Crippen LogP contribution is 2.16. The van der Waals surface area contributed by atoms with Gasteiger partial charge in [-0.2, -0.15) is 0 Å². The first-order valence-corrected chi connectivity index (χ1v) is 8.04. The molecule has 0 spiro atoms. The minimum atomic E-state index is -0.533. The lowest BCUT2D eigenvalue weighted by molar-refractivity contribution is -0.137. The number of carbonyl (C=O) groups is 2. The van der Waals surface area contributed by atoms with Crippen molar-refractivity contribution in [3.63, 3.8) is 0 Å². The van der Waals surface area contributed by atoms with Gasteiger partial charge in [0, 0.05) is 17.8 Å². The number of rotatable bonds is 10. The van der Waals surface area contributed by atoms with E-state index in [1.165, 1.54) is 19.3 Å². The fourth-order valence-corrected chi connectivity index (χ4v) is 1.87. The molecule has 0 aliphatic heterocycles. The van der Waals surface area contributed by atoms with Crippen LogP contribution in [0.5, 0.6) is 5.75 Å². The van der Waals surface area contributed by atoms with Gasteiger partial charge in [0.15, 0.2) is 0 Å². The largest absolute Gasteiger partial charge is 0.494 e. The van der Waals surface area contributed by atoms with Gasteiger partial charge in [-0.3, -0.25) is 4.79 Å². The van der Waals surface area contributed by atoms with Gasteiger partial charge in [0.05, 0.1) is 13.2 Å². The van der Waals surface area contributed by atoms with Crippen LogP contribution in [-0.2, 0) is 14.3 Å². The average Bonchev–Trinajstić information content (AvgIpc) is 2.55. The molecule has 0 aliphatic rings. The smallest absolute Gasteiger partial charge is 0.330 e. The van der Waals surface area contributed by atoms with Crippen LogP contribution in [0, 0.1) is 0 Å². The number of anilines is 1. The van der Waals surface area contributed by atoms with E-state index in [1.54, 1.807) is 19.1 Å². The lowest BCUT2D eigenvalue weighted by atomic mass is 10.2. The molecule has 1 aromatic carbocycles. The molecule has 0 saturated heterocycles. The fourth-order valence-electron chi connectivity index (χ4n) is 1.87. The van der Waals surface area contributed by atoms with Gasteiger partial charge in [-0.15, -0.1) is 0 Å². The molecular weight excluding hydrogens is 294 g/mol. The molecule has 0 atom stereocenters. The maximum Gasteiger partial charge on any atom is 0.330 e. The molecule has 0 fully saturated rings. The number of ether oxygens (including phenoxy) is 2. The second kappa shape index (κ2) is 11.3. The first-order chi connectivity index (χ1) is 11.2. The first-order valence-electron chi connectivity index (χ1n) is 8.04. The molecule has 5 nitrogen and oxygen atoms in total. The van der Waals surface area contributed by atoms with E-state index < -0.39 is 5.97 Å². The predicted molar refractivity (Wildman–Crippen MR) is 90.5 cm³/mol. The van der Waals surface area contributed by atoms with E-state index in [9.17, 15) is 9.59 Å². The third-order valence-corrected chi connectivity index (χ3v) is 3.05. The van der Waals surface area contributed by atoms with Crippen molar-refractivity contribution < 1.29 is 19.1 Å². The predicted octanol–water partition coefficient (Wildman–Crippen LogP) is 3.70. The van der Waals surface area contributed by atoms with Crippen molar-refractivity contribution in [3.8, 4) is 5.75 Å². The van der Waals surface area contributed by atoms with Crippen LogP contribution in [0.15, 0.2) is 36.4 Å². The van der Waals surface area contributed by atoms with E-state index >= 15 is 0 Å². The van der Waals surface area contributed by atoms with Crippen LogP contribution < -0.4 is 10.1 Å². The number of hydrogen-bond acceptors (Lipinski definition) is 4. The minimum Gasteiger partial charge on any atom is -0.494 e. The van der Waals surface area contributed by atoms with Gasteiger partial charge in [0.2, 0.25) is 5.91 Å². The van der Waals surface area contributed by atoms with Crippen molar-refractivity contribution in [2.75, 3.05) is 18.5 Å². The van der Waals surface area contributed by atoms with E-state index in [0.717, 1.165) is 24.3 Å². The van der Waals surface area contributed by atoms with E-state index in [0.29, 0.717) is 12.3 Å². The van der Waals surface area contributed by atoms with Gasteiger partial charge in [0.25, 0.3) is 0 Å². The van der Waals surface area contributed by atoms with Gasteiger partial charge in [-0.1, -0.05) is 26.2 Å². The molecule has 126 valence electrons. The van der Waals surface area contributed by atoms with E-state index in [4.69, 9.17) is 9.47 Å². The van der Waals surface area contributed by atoms with Crippen molar-refractivity contribution in [2.45, 2.75) is 39.5 Å². The molecule has 0 aliphatic carbocycles. The Hall–Kier alpha value is -2.30. The van der Waals surface area contributed by atoms with Crippen LogP contribution in [0.4, 0.5) is 5.69 Å². The summed E-state index contributed by atoms with van der Waals surface area (Å²) in [5.74, 6) is -0.137. The quantitative estimate of drug-likeness (QED) is 0.406. The number of unbranched alkanes of at least 4 members (excludes halogenated alkanes) is 3. The monoisotopic (exact) mass is 319 g/mol. The highest BCUT2D eigenvalue weighted by Gasteiger charge is 2.01. The zero-order valence-electron chi connectivity index (χ0n) is 13.8. The average molecular weight is 319 g/mol. The van der Waals surface area contributed by atoms with Gasteiger partial charge in [0.1, 0.15) is 5.75 Å². The summed E-state index contributed by atoms with van der Waals surface area (Å²) in [5, 5.41) is 2.66. The number of hydrogen-bond donors (Lipinski definition) is 1. The maximum atomic E-state index is 11.6. The molecule has 0 bridgehead atoms. The molecule has 1 amide bonds. The van der Waals surface area contributed by atoms with Gasteiger partial charge >= 0.3 is 5.97 Å². The molecule has 1 aromatic rings. The summed E-state index contributed by atoms with van der Waals surface area (Å²) in [6.07, 6.45) is 6.91. The number of benzene rings is 1. The van der Waals surface area contributed by atoms with Crippen molar-refractivity contribution in [3.05, 3.63) is 36.4 Å². The number of esters is 1. The molecule has 5 heteroatoms. The second-order valence-corrected chi connectivity index (χ2v) is 5.01. The number of nitrogens with one attached hydrogen (secondary N) is 1. The molecule has 0 unspecified atom stereocenters. The van der Waals surface area contributed by atoms with Crippen molar-refractivity contribution >= 4 is 17.6 Å². The van der Waals surface area contributed by atoms with Gasteiger partial charge in [-0.25, -0.2) is 4.79 Å². The van der Waals surface area contributed by atoms with Crippen molar-refractivity contribution in [1.82, 2.24) is 0 Å². The Bertz CT molecular complexity index is 508. The fraction of sp³-hybridized carbons (Fsp3) is 0.444. The summed E-state index contributed by atoms with van der Waals surface area (Å²) in [5.41, 5.74) is 0.641. The van der Waals surface area contributed by atoms with Crippen LogP contribution in [-0.4, -0.2) is 25.1 Å². The van der Waals surface area contributed by atoms with Crippen molar-refractivity contribution in [1.29, 1.82) is 0 Å². The van der Waals surface area contributed by atoms with E-state index in [1.807, 2.05) is 12.1 Å². The highest BCUT2D eigenvalue weighted by molar-refractivity contribution is 6.02. The van der Waals surface area contributed by atoms with E-state index in [2.05, 4.69) is 12.2 Å². The topological polar surface area (TPSA) is 64.6 Å². The molecule has 0 aromatic heterocycles. The zero-order chi connectivity index (χ0) is 16.9. The zero-order valence-corrected chi connectivity index (χ0v) is 13.8. The molecule has 0 radical (unpaired) electrons. The SMILES string of the molecule is CCCCCCOc1ccc(NC(=O)/C=C/C(=O)OCC)cc1. The number of carbonyl (C=O) groups excluding carboxylic acids is 2. The molecule has 23 heavy (non-hydrogen) atoms. The molecular formula is C18H25NO4. The third kappa shape index (κ3) is 8.66. The Balaban J connectivity index is 2.35. The standard InChI is InChI=1S/C18H25NO4/c1-3-5-6-7-14-23-16-10-8-15(9-11-16)19-17(20)12-13-18(21)22-4-2/h8-13H,3-7,14H2,1-2H3,(H,19,20)/b13-12+. The van der Waals surface area contributed by atoms with E-state index in [-0.39, 0.29) is 12.5 Å². The molecule has 1 N–H and O–H groups in total. The minimum absolute atomic E-state index is 0.282. The van der Waals surface area contributed by atoms with Crippen LogP contribution in [0.2, 0.25) is 0 Å². The Morgan fingerprint density at radius 2 is 1.78 bits per heavy atom. The first kappa shape index (κ1) is 18.7. The lowest BCUT2D eigenvalue weighted by Gasteiger charge is -2.07.